The zero-order chi connectivity index (χ0) is 8.91. The molecular weight excluding hydrogens is 150 g/mol. The van der Waals surface area contributed by atoms with Crippen LogP contribution in [0.3, 0.4) is 0 Å². The summed E-state index contributed by atoms with van der Waals surface area (Å²) in [6.45, 7) is 2.04. The van der Waals surface area contributed by atoms with Crippen LogP contribution in [0.1, 0.15) is 0 Å². The lowest BCUT2D eigenvalue weighted by molar-refractivity contribution is -0.889. The lowest BCUT2D eigenvalue weighted by Crippen LogP contribution is -2.53. The number of hydrogen-bond donors (Lipinski definition) is 3. The number of hydrogen-bond acceptors (Lipinski definition) is 3. The van der Waals surface area contributed by atoms with Crippen molar-refractivity contribution in [1.82, 2.24) is 0 Å². The van der Waals surface area contributed by atoms with Gasteiger partial charge in [0.25, 0.3) is 0 Å². The van der Waals surface area contributed by atoms with E-state index in [9.17, 15) is 4.79 Å². The zero-order valence-electron chi connectivity index (χ0n) is 6.10. The van der Waals surface area contributed by atoms with Gasteiger partial charge in [0.05, 0.1) is 0 Å². The minimum atomic E-state index is -1.27. The van der Waals surface area contributed by atoms with Crippen LogP contribution in [-0.4, -0.2) is 45.9 Å². The van der Waals surface area contributed by atoms with E-state index in [0.29, 0.717) is 0 Å². The molecule has 11 heavy (non-hydrogen) atoms. The Labute approximate surface area is 64.4 Å². The maximum atomic E-state index is 10.5. The summed E-state index contributed by atoms with van der Waals surface area (Å²) in [7, 11) is 0. The summed E-state index contributed by atoms with van der Waals surface area (Å²) in [5.74, 6) is 0. The van der Waals surface area contributed by atoms with E-state index in [-0.39, 0.29) is 6.54 Å². The molecule has 64 valence electrons. The van der Waals surface area contributed by atoms with E-state index in [1.54, 1.807) is 0 Å². The zero-order valence-corrected chi connectivity index (χ0v) is 6.10. The van der Waals surface area contributed by atoms with Gasteiger partial charge >= 0.3 is 6.09 Å². The third-order valence-corrected chi connectivity index (χ3v) is 1.43. The number of carboxylic acid groups (broad SMARTS) is 1. The lowest BCUT2D eigenvalue weighted by Gasteiger charge is -2.25. The van der Waals surface area contributed by atoms with E-state index >= 15 is 0 Å². The normalized spacial score (nSPS) is 11.1. The largest absolute Gasteiger partial charge is 0.517 e. The highest BCUT2D eigenvalue weighted by Gasteiger charge is 2.33. The van der Waals surface area contributed by atoms with Gasteiger partial charge in [-0.15, -0.1) is 0 Å². The second-order valence-corrected chi connectivity index (χ2v) is 2.18. The first-order valence-electron chi connectivity index (χ1n) is 3.05. The van der Waals surface area contributed by atoms with Crippen LogP contribution in [0.25, 0.3) is 0 Å². The first-order valence-corrected chi connectivity index (χ1v) is 3.05. The fourth-order valence-corrected chi connectivity index (χ4v) is 0.606. The summed E-state index contributed by atoms with van der Waals surface area (Å²) in [5.41, 5.74) is 0. The molecule has 0 aromatic carbocycles. The monoisotopic (exact) mass is 162 g/mol. The Hall–Kier alpha value is -0.910. The number of aliphatic hydroxyl groups is 2. The molecule has 3 N–H and O–H groups in total. The number of rotatable bonds is 4. The molecule has 0 bridgehead atoms. The molecule has 0 rings (SSSR count). The van der Waals surface area contributed by atoms with Crippen LogP contribution in [0, 0.1) is 0 Å². The van der Waals surface area contributed by atoms with Crippen molar-refractivity contribution in [2.75, 3.05) is 20.0 Å². The summed E-state index contributed by atoms with van der Waals surface area (Å²) in [4.78, 5) is 10.5. The molecule has 0 aromatic rings. The van der Waals surface area contributed by atoms with Crippen molar-refractivity contribution >= 4 is 6.09 Å². The average molecular weight is 162 g/mol. The second-order valence-electron chi connectivity index (χ2n) is 2.18. The van der Waals surface area contributed by atoms with Gasteiger partial charge in [-0.25, -0.2) is 0 Å². The Kier molecular flexibility index (Phi) is 3.73. The van der Waals surface area contributed by atoms with Crippen LogP contribution in [0.5, 0.6) is 0 Å². The third-order valence-electron chi connectivity index (χ3n) is 1.43. The van der Waals surface area contributed by atoms with Gasteiger partial charge < -0.3 is 15.3 Å². The topological polar surface area (TPSA) is 77.8 Å². The molecule has 0 radical (unpaired) electrons. The third kappa shape index (κ3) is 2.01. The van der Waals surface area contributed by atoms with E-state index < -0.39 is 24.0 Å². The summed E-state index contributed by atoms with van der Waals surface area (Å²) in [5, 5.41) is 25.9. The van der Waals surface area contributed by atoms with Crippen molar-refractivity contribution in [2.24, 2.45) is 0 Å². The van der Waals surface area contributed by atoms with Crippen LogP contribution in [-0.2, 0) is 0 Å². The molecular formula is C6H12NO4+. The van der Waals surface area contributed by atoms with Crippen molar-refractivity contribution in [3.63, 3.8) is 0 Å². The molecule has 5 nitrogen and oxygen atoms in total. The highest BCUT2D eigenvalue weighted by atomic mass is 16.4. The fourth-order valence-electron chi connectivity index (χ4n) is 0.606. The van der Waals surface area contributed by atoms with Gasteiger partial charge in [0.15, 0.2) is 13.5 Å². The molecule has 0 aliphatic rings. The van der Waals surface area contributed by atoms with Crippen LogP contribution in [0.15, 0.2) is 12.7 Å². The highest BCUT2D eigenvalue weighted by molar-refractivity contribution is 5.56. The van der Waals surface area contributed by atoms with Gasteiger partial charge in [-0.1, -0.05) is 6.58 Å². The highest BCUT2D eigenvalue weighted by Crippen LogP contribution is 2.04. The maximum Gasteiger partial charge on any atom is 0.517 e. The fraction of sp³-hybridized carbons (Fsp3) is 0.500. The van der Waals surface area contributed by atoms with Gasteiger partial charge in [-0.05, 0) is 6.08 Å². The van der Waals surface area contributed by atoms with Crippen molar-refractivity contribution < 1.29 is 24.6 Å². The molecule has 5 heteroatoms. The van der Waals surface area contributed by atoms with E-state index in [4.69, 9.17) is 15.3 Å². The van der Waals surface area contributed by atoms with Gasteiger partial charge in [-0.2, -0.15) is 9.28 Å². The summed E-state index contributed by atoms with van der Waals surface area (Å²) in [6.07, 6.45) is 0.0653. The molecule has 1 amide bonds. The molecule has 0 saturated carbocycles. The van der Waals surface area contributed by atoms with Crippen LogP contribution >= 0.6 is 0 Å². The van der Waals surface area contributed by atoms with E-state index in [0.717, 1.165) is 0 Å². The van der Waals surface area contributed by atoms with Gasteiger partial charge in [0.2, 0.25) is 0 Å². The standard InChI is InChI=1S/C6H11NO4/c1-2-3-7(4-8,5-9)6(10)11/h2,8-9H,1,3-5H2/p+1. The number of amides is 1. The van der Waals surface area contributed by atoms with Crippen molar-refractivity contribution in [1.29, 1.82) is 0 Å². The Morgan fingerprint density at radius 2 is 1.91 bits per heavy atom. The van der Waals surface area contributed by atoms with Crippen molar-refractivity contribution in [3.8, 4) is 0 Å². The summed E-state index contributed by atoms with van der Waals surface area (Å²) >= 11 is 0. The first-order chi connectivity index (χ1) is 5.13. The Bertz CT molecular complexity index is 153. The summed E-state index contributed by atoms with van der Waals surface area (Å²) < 4.78 is -0.802. The average Bonchev–Trinajstić information content (AvgIpc) is 2.00. The predicted octanol–water partition coefficient (Wildman–Crippen LogP) is -0.433. The SMILES string of the molecule is C=CC[N+](CO)(CO)C(=O)O. The number of nitrogens with zero attached hydrogens (tertiary/aromatic N) is 1. The molecule has 0 unspecified atom stereocenters. The smallest absolute Gasteiger partial charge is 0.435 e. The van der Waals surface area contributed by atoms with E-state index in [1.165, 1.54) is 6.08 Å². The van der Waals surface area contributed by atoms with Gasteiger partial charge in [0, 0.05) is 0 Å². The molecule has 0 saturated heterocycles. The number of quaternary nitrogens is 1. The Morgan fingerprint density at radius 1 is 1.45 bits per heavy atom. The molecule has 0 aromatic heterocycles. The Morgan fingerprint density at radius 3 is 2.00 bits per heavy atom. The molecule has 0 fully saturated rings. The second kappa shape index (κ2) is 4.07. The quantitative estimate of drug-likeness (QED) is 0.298. The van der Waals surface area contributed by atoms with Crippen molar-refractivity contribution in [2.45, 2.75) is 0 Å². The Balaban J connectivity index is 4.45. The molecule has 0 heterocycles. The number of aliphatic hydroxyl groups excluding tert-OH is 2. The lowest BCUT2D eigenvalue weighted by atomic mass is 10.5. The van der Waals surface area contributed by atoms with Gasteiger partial charge in [-0.3, -0.25) is 0 Å². The molecule has 0 atom stereocenters. The van der Waals surface area contributed by atoms with Crippen LogP contribution in [0.2, 0.25) is 0 Å². The van der Waals surface area contributed by atoms with Crippen LogP contribution in [0.4, 0.5) is 4.79 Å². The molecule has 0 aliphatic carbocycles. The molecule has 0 aliphatic heterocycles. The first kappa shape index (κ1) is 10.1. The van der Waals surface area contributed by atoms with E-state index in [1.807, 2.05) is 0 Å². The predicted molar refractivity (Wildman–Crippen MR) is 37.5 cm³/mol. The molecule has 0 spiro atoms. The summed E-state index contributed by atoms with van der Waals surface area (Å²) in [6, 6.07) is 0. The van der Waals surface area contributed by atoms with E-state index in [2.05, 4.69) is 6.58 Å². The van der Waals surface area contributed by atoms with Gasteiger partial charge in [0.1, 0.15) is 6.54 Å². The minimum Gasteiger partial charge on any atom is -0.435 e. The maximum absolute atomic E-state index is 10.5. The minimum absolute atomic E-state index is 0.00231. The number of carbonyl (C=O) groups is 1. The van der Waals surface area contributed by atoms with Crippen LogP contribution < -0.4 is 0 Å². The van der Waals surface area contributed by atoms with Crippen molar-refractivity contribution in [3.05, 3.63) is 12.7 Å².